The highest BCUT2D eigenvalue weighted by Crippen LogP contribution is 2.07. The highest BCUT2D eigenvalue weighted by Gasteiger charge is 2.06. The molecule has 0 spiro atoms. The lowest BCUT2D eigenvalue weighted by Crippen LogP contribution is -2.30. The number of hydrogen-bond acceptors (Lipinski definition) is 2. The summed E-state index contributed by atoms with van der Waals surface area (Å²) in [4.78, 5) is 0. The Morgan fingerprint density at radius 2 is 2.13 bits per heavy atom. The Morgan fingerprint density at radius 1 is 1.40 bits per heavy atom. The molecule has 1 aromatic rings. The Bertz CT molecular complexity index is 291. The molecule has 0 aliphatic heterocycles. The number of benzene rings is 1. The largest absolute Gasteiger partial charge is 0.309 e. The van der Waals surface area contributed by atoms with Crippen molar-refractivity contribution in [1.29, 1.82) is 0 Å². The zero-order chi connectivity index (χ0) is 11.1. The van der Waals surface area contributed by atoms with E-state index in [9.17, 15) is 4.39 Å². The van der Waals surface area contributed by atoms with Gasteiger partial charge in [0.15, 0.2) is 0 Å². The van der Waals surface area contributed by atoms with E-state index in [2.05, 4.69) is 18.5 Å². The molecule has 1 atom stereocenters. The van der Waals surface area contributed by atoms with Crippen molar-refractivity contribution in [3.05, 3.63) is 35.6 Å². The van der Waals surface area contributed by atoms with E-state index < -0.39 is 0 Å². The van der Waals surface area contributed by atoms with Crippen molar-refractivity contribution in [1.82, 2.24) is 5.32 Å². The fourth-order valence-electron chi connectivity index (χ4n) is 1.42. The van der Waals surface area contributed by atoms with E-state index in [0.717, 1.165) is 17.7 Å². The Balaban J connectivity index is 2.45. The zero-order valence-corrected chi connectivity index (χ0v) is 10.1. The van der Waals surface area contributed by atoms with Crippen molar-refractivity contribution in [3.8, 4) is 0 Å². The van der Waals surface area contributed by atoms with Crippen molar-refractivity contribution < 1.29 is 4.39 Å². The topological polar surface area (TPSA) is 12.0 Å². The van der Waals surface area contributed by atoms with Crippen LogP contribution in [0.2, 0.25) is 0 Å². The van der Waals surface area contributed by atoms with Crippen LogP contribution < -0.4 is 5.32 Å². The minimum Gasteiger partial charge on any atom is -0.309 e. The van der Waals surface area contributed by atoms with Crippen LogP contribution in [0.5, 0.6) is 0 Å². The second kappa shape index (κ2) is 6.85. The smallest absolute Gasteiger partial charge is 0.127 e. The molecule has 0 aromatic heterocycles. The van der Waals surface area contributed by atoms with Crippen molar-refractivity contribution in [2.24, 2.45) is 0 Å². The van der Waals surface area contributed by atoms with E-state index >= 15 is 0 Å². The van der Waals surface area contributed by atoms with E-state index in [1.165, 1.54) is 6.07 Å². The first-order valence-corrected chi connectivity index (χ1v) is 6.63. The number of thioether (sulfide) groups is 1. The summed E-state index contributed by atoms with van der Waals surface area (Å²) in [7, 11) is 0. The summed E-state index contributed by atoms with van der Waals surface area (Å²) in [5, 5.41) is 3.37. The Hall–Kier alpha value is -0.540. The molecule has 0 radical (unpaired) electrons. The van der Waals surface area contributed by atoms with Crippen LogP contribution in [0, 0.1) is 5.82 Å². The van der Waals surface area contributed by atoms with Gasteiger partial charge in [0.2, 0.25) is 0 Å². The van der Waals surface area contributed by atoms with E-state index in [-0.39, 0.29) is 5.82 Å². The maximum Gasteiger partial charge on any atom is 0.127 e. The molecule has 3 heteroatoms. The van der Waals surface area contributed by atoms with E-state index in [1.807, 2.05) is 23.9 Å². The van der Waals surface area contributed by atoms with Gasteiger partial charge in [-0.25, -0.2) is 4.39 Å². The number of halogens is 1. The molecule has 0 bridgehead atoms. The Labute approximate surface area is 95.5 Å². The summed E-state index contributed by atoms with van der Waals surface area (Å²) in [6.07, 6.45) is 3.17. The minimum absolute atomic E-state index is 0.121. The summed E-state index contributed by atoms with van der Waals surface area (Å²) in [5.41, 5.74) is 0.747. The first kappa shape index (κ1) is 12.5. The first-order valence-electron chi connectivity index (χ1n) is 5.23. The predicted octanol–water partition coefficient (Wildman–Crippen LogP) is 3.06. The van der Waals surface area contributed by atoms with Gasteiger partial charge in [0.25, 0.3) is 0 Å². The second-order valence-electron chi connectivity index (χ2n) is 3.53. The van der Waals surface area contributed by atoms with Gasteiger partial charge in [0.1, 0.15) is 5.82 Å². The lowest BCUT2D eigenvalue weighted by atomic mass is 10.2. The van der Waals surface area contributed by atoms with E-state index in [0.29, 0.717) is 12.6 Å². The van der Waals surface area contributed by atoms with Crippen LogP contribution >= 0.6 is 11.8 Å². The average molecular weight is 227 g/mol. The number of hydrogen-bond donors (Lipinski definition) is 1. The first-order chi connectivity index (χ1) is 7.27. The molecule has 0 aliphatic carbocycles. The van der Waals surface area contributed by atoms with Gasteiger partial charge in [-0.3, -0.25) is 0 Å². The van der Waals surface area contributed by atoms with Gasteiger partial charge >= 0.3 is 0 Å². The molecule has 0 saturated carbocycles. The molecule has 0 amide bonds. The third-order valence-corrected chi connectivity index (χ3v) is 3.14. The molecule has 1 aromatic carbocycles. The SMILES string of the molecule is CCC(CSC)NCc1ccccc1F. The Morgan fingerprint density at radius 3 is 2.73 bits per heavy atom. The molecule has 1 rings (SSSR count). The van der Waals surface area contributed by atoms with Crippen molar-refractivity contribution in [2.45, 2.75) is 25.9 Å². The van der Waals surface area contributed by atoms with Crippen LogP contribution in [0.4, 0.5) is 4.39 Å². The van der Waals surface area contributed by atoms with Crippen molar-refractivity contribution in [2.75, 3.05) is 12.0 Å². The average Bonchev–Trinajstić information content (AvgIpc) is 2.26. The van der Waals surface area contributed by atoms with Crippen LogP contribution in [-0.2, 0) is 6.54 Å². The quantitative estimate of drug-likeness (QED) is 0.801. The summed E-state index contributed by atoms with van der Waals surface area (Å²) in [5.74, 6) is 0.953. The van der Waals surface area contributed by atoms with Gasteiger partial charge in [-0.05, 0) is 18.7 Å². The monoisotopic (exact) mass is 227 g/mol. The predicted molar refractivity (Wildman–Crippen MR) is 65.7 cm³/mol. The molecule has 1 N–H and O–H groups in total. The molecule has 15 heavy (non-hydrogen) atoms. The third-order valence-electron chi connectivity index (χ3n) is 2.40. The number of nitrogens with one attached hydrogen (secondary N) is 1. The molecule has 0 heterocycles. The van der Waals surface area contributed by atoms with Crippen LogP contribution in [0.25, 0.3) is 0 Å². The fourth-order valence-corrected chi connectivity index (χ4v) is 2.17. The van der Waals surface area contributed by atoms with Gasteiger partial charge in [-0.2, -0.15) is 11.8 Å². The van der Waals surface area contributed by atoms with E-state index in [1.54, 1.807) is 6.07 Å². The van der Waals surface area contributed by atoms with Crippen LogP contribution in [0.1, 0.15) is 18.9 Å². The zero-order valence-electron chi connectivity index (χ0n) is 9.29. The summed E-state index contributed by atoms with van der Waals surface area (Å²) >= 11 is 1.82. The maximum absolute atomic E-state index is 13.3. The van der Waals surface area contributed by atoms with E-state index in [4.69, 9.17) is 0 Å². The lowest BCUT2D eigenvalue weighted by molar-refractivity contribution is 0.522. The van der Waals surface area contributed by atoms with Gasteiger partial charge in [-0.1, -0.05) is 25.1 Å². The highest BCUT2D eigenvalue weighted by atomic mass is 32.2. The summed E-state index contributed by atoms with van der Waals surface area (Å²) in [6, 6.07) is 7.40. The summed E-state index contributed by atoms with van der Waals surface area (Å²) < 4.78 is 13.3. The molecule has 0 fully saturated rings. The molecule has 1 unspecified atom stereocenters. The fraction of sp³-hybridized carbons (Fsp3) is 0.500. The standard InChI is InChI=1S/C12H18FNS/c1-3-11(9-15-2)14-8-10-6-4-5-7-12(10)13/h4-7,11,14H,3,8-9H2,1-2H3. The molecular weight excluding hydrogens is 209 g/mol. The van der Waals surface area contributed by atoms with Crippen LogP contribution in [-0.4, -0.2) is 18.1 Å². The molecule has 84 valence electrons. The van der Waals surface area contributed by atoms with Gasteiger partial charge in [0, 0.05) is 23.9 Å². The van der Waals surface area contributed by atoms with Crippen LogP contribution in [0.3, 0.4) is 0 Å². The minimum atomic E-state index is -0.121. The lowest BCUT2D eigenvalue weighted by Gasteiger charge is -2.15. The second-order valence-corrected chi connectivity index (χ2v) is 4.44. The van der Waals surface area contributed by atoms with Gasteiger partial charge < -0.3 is 5.32 Å². The van der Waals surface area contributed by atoms with Crippen molar-refractivity contribution in [3.63, 3.8) is 0 Å². The Kier molecular flexibility index (Phi) is 5.73. The normalized spacial score (nSPS) is 12.7. The molecule has 1 nitrogen and oxygen atoms in total. The summed E-state index contributed by atoms with van der Waals surface area (Å²) in [6.45, 7) is 2.76. The van der Waals surface area contributed by atoms with Gasteiger partial charge in [-0.15, -0.1) is 0 Å². The molecule has 0 saturated heterocycles. The molecule has 0 aliphatic rings. The van der Waals surface area contributed by atoms with Crippen LogP contribution in [0.15, 0.2) is 24.3 Å². The van der Waals surface area contributed by atoms with Gasteiger partial charge in [0.05, 0.1) is 0 Å². The number of rotatable bonds is 6. The van der Waals surface area contributed by atoms with Crippen molar-refractivity contribution >= 4 is 11.8 Å². The highest BCUT2D eigenvalue weighted by molar-refractivity contribution is 7.98. The molecular formula is C12H18FNS. The maximum atomic E-state index is 13.3. The third kappa shape index (κ3) is 4.22.